The Bertz CT molecular complexity index is 1030. The fourth-order valence-corrected chi connectivity index (χ4v) is 2.58. The normalized spacial score (nSPS) is 11.5. The molecule has 1 aromatic carbocycles. The number of aromatic hydroxyl groups is 2. The van der Waals surface area contributed by atoms with Gasteiger partial charge in [-0.2, -0.15) is 0 Å². The molecule has 24 heavy (non-hydrogen) atoms. The summed E-state index contributed by atoms with van der Waals surface area (Å²) in [4.78, 5) is 32.7. The quantitative estimate of drug-likeness (QED) is 0.329. The molecule has 10 nitrogen and oxygen atoms in total. The first-order chi connectivity index (χ1) is 11.3. The summed E-state index contributed by atoms with van der Waals surface area (Å²) >= 11 is 0. The lowest BCUT2D eigenvalue weighted by Gasteiger charge is -2.13. The Balaban J connectivity index is 2.70. The number of aliphatic hydroxyl groups is 2. The fourth-order valence-electron chi connectivity index (χ4n) is 2.58. The molecule has 10 heteroatoms. The first kappa shape index (κ1) is 15.9. The highest BCUT2D eigenvalue weighted by Gasteiger charge is 2.23. The van der Waals surface area contributed by atoms with Crippen LogP contribution in [-0.2, 0) is 27.3 Å². The lowest BCUT2D eigenvalue weighted by atomic mass is 10.1. The van der Waals surface area contributed by atoms with E-state index in [1.165, 1.54) is 14.1 Å². The van der Waals surface area contributed by atoms with Gasteiger partial charge in [0.2, 0.25) is 0 Å². The molecule has 0 amide bonds. The molecule has 0 fully saturated rings. The van der Waals surface area contributed by atoms with Gasteiger partial charge in [0.05, 0.1) is 0 Å². The lowest BCUT2D eigenvalue weighted by Crippen LogP contribution is -2.25. The van der Waals surface area contributed by atoms with Gasteiger partial charge in [0, 0.05) is 14.1 Å². The van der Waals surface area contributed by atoms with Crippen molar-refractivity contribution >= 4 is 21.8 Å². The average Bonchev–Trinajstić information content (AvgIpc) is 2.57. The predicted molar refractivity (Wildman–Crippen MR) is 82.7 cm³/mol. The van der Waals surface area contributed by atoms with Crippen molar-refractivity contribution in [3.8, 4) is 11.5 Å². The number of phenolic OH excluding ortho intramolecular Hbond substituents is 2. The second kappa shape index (κ2) is 5.28. The number of benzene rings is 1. The molecule has 0 aliphatic carbocycles. The van der Waals surface area contributed by atoms with E-state index >= 15 is 0 Å². The number of aliphatic hydroxyl groups excluding tert-OH is 2. The molecular weight excluding hydrogens is 320 g/mol. The molecule has 0 unspecified atom stereocenters. The summed E-state index contributed by atoms with van der Waals surface area (Å²) < 4.78 is 2.03. The number of rotatable bonds is 2. The summed E-state index contributed by atoms with van der Waals surface area (Å²) in [6, 6.07) is 0. The topological polar surface area (TPSA) is 151 Å². The molecule has 0 aliphatic heterocycles. The number of nitrogens with zero attached hydrogens (tertiary/aromatic N) is 4. The minimum atomic E-state index is -0.716. The van der Waals surface area contributed by atoms with Crippen LogP contribution in [0.4, 0.5) is 0 Å². The summed E-state index contributed by atoms with van der Waals surface area (Å²) in [6.07, 6.45) is 0. The highest BCUT2D eigenvalue weighted by Crippen LogP contribution is 2.36. The van der Waals surface area contributed by atoms with E-state index in [-0.39, 0.29) is 33.5 Å². The van der Waals surface area contributed by atoms with E-state index in [0.717, 1.165) is 9.13 Å². The van der Waals surface area contributed by atoms with Crippen molar-refractivity contribution in [1.82, 2.24) is 19.1 Å². The summed E-state index contributed by atoms with van der Waals surface area (Å²) in [5.74, 6) is -1.33. The average molecular weight is 334 g/mol. The predicted octanol–water partition coefficient (Wildman–Crippen LogP) is -1.42. The van der Waals surface area contributed by atoms with Gasteiger partial charge in [0.1, 0.15) is 46.7 Å². The molecule has 3 rings (SSSR count). The third-order valence-electron chi connectivity index (χ3n) is 3.97. The van der Waals surface area contributed by atoms with E-state index in [9.17, 15) is 30.0 Å². The zero-order chi connectivity index (χ0) is 17.8. The molecule has 2 aromatic heterocycles. The zero-order valence-electron chi connectivity index (χ0n) is 12.8. The Labute approximate surface area is 133 Å². The van der Waals surface area contributed by atoms with Crippen molar-refractivity contribution < 1.29 is 20.4 Å². The van der Waals surface area contributed by atoms with Crippen molar-refractivity contribution in [1.29, 1.82) is 0 Å². The van der Waals surface area contributed by atoms with Gasteiger partial charge < -0.3 is 20.4 Å². The monoisotopic (exact) mass is 334 g/mol. The summed E-state index contributed by atoms with van der Waals surface area (Å²) in [7, 11) is 2.69. The number of hydrogen-bond acceptors (Lipinski definition) is 8. The van der Waals surface area contributed by atoms with Crippen LogP contribution >= 0.6 is 0 Å². The van der Waals surface area contributed by atoms with Crippen LogP contribution < -0.4 is 11.1 Å². The maximum Gasteiger partial charge on any atom is 0.265 e. The van der Waals surface area contributed by atoms with E-state index in [1.807, 2.05) is 0 Å². The molecule has 0 saturated heterocycles. The molecule has 0 radical (unpaired) electrons. The van der Waals surface area contributed by atoms with Crippen molar-refractivity contribution in [2.45, 2.75) is 13.2 Å². The van der Waals surface area contributed by atoms with E-state index in [0.29, 0.717) is 0 Å². The van der Waals surface area contributed by atoms with Crippen molar-refractivity contribution in [2.75, 3.05) is 0 Å². The van der Waals surface area contributed by atoms with Crippen LogP contribution in [0.25, 0.3) is 21.8 Å². The van der Waals surface area contributed by atoms with Gasteiger partial charge in [0.25, 0.3) is 11.1 Å². The van der Waals surface area contributed by atoms with E-state index < -0.39 is 35.8 Å². The van der Waals surface area contributed by atoms with Crippen LogP contribution in [-0.4, -0.2) is 39.5 Å². The largest absolute Gasteiger partial charge is 0.505 e. The number of hydrogen-bond donors (Lipinski definition) is 4. The van der Waals surface area contributed by atoms with Gasteiger partial charge in [-0.25, -0.2) is 9.97 Å². The number of phenols is 2. The Morgan fingerprint density at radius 2 is 1.12 bits per heavy atom. The van der Waals surface area contributed by atoms with Gasteiger partial charge in [-0.1, -0.05) is 0 Å². The van der Waals surface area contributed by atoms with Gasteiger partial charge in [-0.3, -0.25) is 18.7 Å². The Hall–Kier alpha value is -2.98. The van der Waals surface area contributed by atoms with Gasteiger partial charge in [0.15, 0.2) is 11.5 Å². The van der Waals surface area contributed by atoms with Gasteiger partial charge in [-0.05, 0) is 0 Å². The van der Waals surface area contributed by atoms with Gasteiger partial charge in [-0.15, -0.1) is 0 Å². The van der Waals surface area contributed by atoms with E-state index in [1.54, 1.807) is 0 Å². The smallest absolute Gasteiger partial charge is 0.265 e. The van der Waals surface area contributed by atoms with Crippen LogP contribution in [0.2, 0.25) is 0 Å². The fraction of sp³-hybridized carbons (Fsp3) is 0.286. The minimum absolute atomic E-state index is 0.0432. The van der Waals surface area contributed by atoms with Crippen molar-refractivity contribution in [3.63, 3.8) is 0 Å². The van der Waals surface area contributed by atoms with Gasteiger partial charge >= 0.3 is 0 Å². The Morgan fingerprint density at radius 1 is 0.792 bits per heavy atom. The molecule has 0 spiro atoms. The van der Waals surface area contributed by atoms with Crippen LogP contribution in [0, 0.1) is 0 Å². The first-order valence-corrected chi connectivity index (χ1v) is 6.88. The standard InChI is InChI=1S/C14H14N4O6/c1-17-5(3-19)15-9-7(13(17)23)11(21)10-8(12(9)22)14(24)18(2)6(4-20)16-10/h19-22H,3-4H2,1-2H3. The zero-order valence-corrected chi connectivity index (χ0v) is 12.8. The Morgan fingerprint density at radius 3 is 1.42 bits per heavy atom. The number of aromatic nitrogens is 4. The molecule has 0 aliphatic rings. The maximum atomic E-state index is 12.4. The maximum absolute atomic E-state index is 12.4. The molecule has 0 bridgehead atoms. The van der Waals surface area contributed by atoms with E-state index in [2.05, 4.69) is 9.97 Å². The minimum Gasteiger partial charge on any atom is -0.505 e. The van der Waals surface area contributed by atoms with Crippen LogP contribution in [0.15, 0.2) is 9.59 Å². The molecule has 2 heterocycles. The lowest BCUT2D eigenvalue weighted by molar-refractivity contribution is 0.265. The van der Waals surface area contributed by atoms with E-state index in [4.69, 9.17) is 0 Å². The first-order valence-electron chi connectivity index (χ1n) is 6.88. The third-order valence-corrected chi connectivity index (χ3v) is 3.97. The second-order valence-electron chi connectivity index (χ2n) is 5.25. The van der Waals surface area contributed by atoms with Crippen LogP contribution in [0.5, 0.6) is 11.5 Å². The van der Waals surface area contributed by atoms with Crippen molar-refractivity contribution in [2.24, 2.45) is 14.1 Å². The molecule has 4 N–H and O–H groups in total. The van der Waals surface area contributed by atoms with Crippen molar-refractivity contribution in [3.05, 3.63) is 32.4 Å². The summed E-state index contributed by atoms with van der Waals surface area (Å²) in [6.45, 7) is -1.14. The molecule has 0 saturated carbocycles. The molecule has 126 valence electrons. The molecular formula is C14H14N4O6. The highest BCUT2D eigenvalue weighted by atomic mass is 16.3. The Kier molecular flexibility index (Phi) is 3.50. The second-order valence-corrected chi connectivity index (χ2v) is 5.25. The molecule has 0 atom stereocenters. The number of fused-ring (bicyclic) bond motifs is 2. The highest BCUT2D eigenvalue weighted by molar-refractivity contribution is 6.06. The SMILES string of the molecule is Cn1c(CO)nc2c(O)c3c(=O)n(C)c(CO)nc3c(O)c2c1=O. The van der Waals surface area contributed by atoms with Crippen LogP contribution in [0.1, 0.15) is 11.6 Å². The summed E-state index contributed by atoms with van der Waals surface area (Å²) in [5, 5.41) is 38.7. The molecule has 3 aromatic rings. The van der Waals surface area contributed by atoms with Crippen LogP contribution in [0.3, 0.4) is 0 Å². The third kappa shape index (κ3) is 1.90. The summed E-state index contributed by atoms with van der Waals surface area (Å²) in [5.41, 5.74) is -2.04.